The molecule has 0 radical (unpaired) electrons. The number of nitrogens with one attached hydrogen (secondary N) is 2. The monoisotopic (exact) mass is 420 g/mol. The lowest BCUT2D eigenvalue weighted by Gasteiger charge is -2.21. The van der Waals surface area contributed by atoms with Gasteiger partial charge in [-0.05, 0) is 55.5 Å². The number of quaternary nitrogens is 1. The zero-order valence-corrected chi connectivity index (χ0v) is 16.4. The van der Waals surface area contributed by atoms with Crippen LogP contribution in [0.2, 0.25) is 0 Å². The molecule has 26 heavy (non-hydrogen) atoms. The van der Waals surface area contributed by atoms with Crippen LogP contribution >= 0.6 is 15.9 Å². The Balaban J connectivity index is 1.80. The predicted molar refractivity (Wildman–Crippen MR) is 104 cm³/mol. The fourth-order valence-corrected chi connectivity index (χ4v) is 2.53. The van der Waals surface area contributed by atoms with Gasteiger partial charge in [0.2, 0.25) is 5.91 Å². The number of benzene rings is 2. The number of hydrogen-bond acceptors (Lipinski definition) is 3. The van der Waals surface area contributed by atoms with Crippen molar-refractivity contribution in [1.29, 1.82) is 0 Å². The highest BCUT2D eigenvalue weighted by atomic mass is 79.9. The summed E-state index contributed by atoms with van der Waals surface area (Å²) in [5.74, 6) is 0.205. The number of hydrogen-bond donors (Lipinski definition) is 3. The van der Waals surface area contributed by atoms with Crippen LogP contribution in [0.25, 0.3) is 0 Å². The number of amides is 2. The lowest BCUT2D eigenvalue weighted by atomic mass is 10.2. The van der Waals surface area contributed by atoms with Gasteiger partial charge in [-0.2, -0.15) is 0 Å². The summed E-state index contributed by atoms with van der Waals surface area (Å²) in [7, 11) is 1.95. The third-order valence-electron chi connectivity index (χ3n) is 4.15. The summed E-state index contributed by atoms with van der Waals surface area (Å²) in [4.78, 5) is 24.5. The van der Waals surface area contributed by atoms with Crippen molar-refractivity contribution >= 4 is 33.4 Å². The Hall–Kier alpha value is -2.38. The molecule has 0 aromatic heterocycles. The number of ether oxygens (including phenoxy) is 1. The van der Waals surface area contributed by atoms with Gasteiger partial charge in [-0.15, -0.1) is 0 Å². The maximum absolute atomic E-state index is 12.4. The molecule has 1 unspecified atom stereocenters. The second kappa shape index (κ2) is 9.35. The van der Waals surface area contributed by atoms with Crippen molar-refractivity contribution < 1.29 is 19.2 Å². The Kier molecular flexibility index (Phi) is 7.17. The van der Waals surface area contributed by atoms with Crippen LogP contribution in [0.5, 0.6) is 5.75 Å². The number of anilines is 1. The highest BCUT2D eigenvalue weighted by Gasteiger charge is 2.21. The Morgan fingerprint density at radius 1 is 1.15 bits per heavy atom. The molecular formula is C19H23BrN3O3+. The fraction of sp³-hybridized carbons (Fsp3) is 0.263. The van der Waals surface area contributed by atoms with Crippen LogP contribution in [0.3, 0.4) is 0 Å². The Bertz CT molecular complexity index is 748. The van der Waals surface area contributed by atoms with Crippen molar-refractivity contribution in [3.63, 3.8) is 0 Å². The van der Waals surface area contributed by atoms with Crippen LogP contribution in [-0.4, -0.2) is 38.1 Å². The number of rotatable bonds is 8. The topological polar surface area (TPSA) is 85.9 Å². The average Bonchev–Trinajstić information content (AvgIpc) is 2.63. The fourth-order valence-electron chi connectivity index (χ4n) is 2.27. The van der Waals surface area contributed by atoms with Crippen molar-refractivity contribution in [3.05, 3.63) is 58.6 Å². The Morgan fingerprint density at radius 3 is 2.35 bits per heavy atom. The summed E-state index contributed by atoms with van der Waals surface area (Å²) in [5.41, 5.74) is 6.24. The average molecular weight is 421 g/mol. The van der Waals surface area contributed by atoms with E-state index in [9.17, 15) is 9.59 Å². The van der Waals surface area contributed by atoms with Gasteiger partial charge in [0.1, 0.15) is 18.9 Å². The van der Waals surface area contributed by atoms with E-state index in [4.69, 9.17) is 10.5 Å². The number of carbonyl (C=O) groups is 2. The molecule has 0 saturated carbocycles. The predicted octanol–water partition coefficient (Wildman–Crippen LogP) is 1.47. The van der Waals surface area contributed by atoms with E-state index in [1.165, 1.54) is 0 Å². The number of nitrogens with two attached hydrogens (primary N) is 1. The van der Waals surface area contributed by atoms with E-state index in [0.29, 0.717) is 24.4 Å². The van der Waals surface area contributed by atoms with Crippen LogP contribution in [-0.2, 0) is 4.79 Å². The zero-order valence-electron chi connectivity index (χ0n) is 14.8. The first-order valence-electron chi connectivity index (χ1n) is 8.28. The first kappa shape index (κ1) is 19.9. The SMILES string of the molecule is C[C@H](C(=O)Nc1ccc(C(N)=O)cc1)[NH+](C)CCOc1ccc(Br)cc1. The Morgan fingerprint density at radius 2 is 1.77 bits per heavy atom. The van der Waals surface area contributed by atoms with Gasteiger partial charge in [0.15, 0.2) is 6.04 Å². The van der Waals surface area contributed by atoms with Crippen LogP contribution in [0, 0.1) is 0 Å². The van der Waals surface area contributed by atoms with Crippen molar-refractivity contribution in [2.45, 2.75) is 13.0 Å². The smallest absolute Gasteiger partial charge is 0.282 e. The van der Waals surface area contributed by atoms with Crippen LogP contribution in [0.1, 0.15) is 17.3 Å². The van der Waals surface area contributed by atoms with Crippen molar-refractivity contribution in [3.8, 4) is 5.75 Å². The minimum atomic E-state index is -0.494. The summed E-state index contributed by atoms with van der Waals surface area (Å²) in [6.45, 7) is 3.06. The maximum Gasteiger partial charge on any atom is 0.282 e. The van der Waals surface area contributed by atoms with Crippen molar-refractivity contribution in [2.75, 3.05) is 25.5 Å². The quantitative estimate of drug-likeness (QED) is 0.604. The molecule has 2 atom stereocenters. The van der Waals surface area contributed by atoms with Gasteiger partial charge in [0, 0.05) is 15.7 Å². The molecule has 138 valence electrons. The molecule has 6 nitrogen and oxygen atoms in total. The maximum atomic E-state index is 12.4. The molecule has 0 aliphatic carbocycles. The molecule has 0 spiro atoms. The summed E-state index contributed by atoms with van der Waals surface area (Å²) in [5, 5.41) is 2.85. The summed E-state index contributed by atoms with van der Waals surface area (Å²) < 4.78 is 6.70. The van der Waals surface area contributed by atoms with E-state index < -0.39 is 5.91 Å². The molecule has 0 aliphatic rings. The Labute approximate surface area is 161 Å². The summed E-state index contributed by atoms with van der Waals surface area (Å²) in [6, 6.07) is 13.9. The molecule has 7 heteroatoms. The van der Waals surface area contributed by atoms with Gasteiger partial charge < -0.3 is 20.7 Å². The second-order valence-electron chi connectivity index (χ2n) is 6.05. The van der Waals surface area contributed by atoms with Gasteiger partial charge >= 0.3 is 0 Å². The molecule has 0 aliphatic heterocycles. The minimum absolute atomic E-state index is 0.0991. The zero-order chi connectivity index (χ0) is 19.1. The van der Waals surface area contributed by atoms with E-state index in [2.05, 4.69) is 21.2 Å². The molecule has 2 rings (SSSR count). The highest BCUT2D eigenvalue weighted by Crippen LogP contribution is 2.15. The van der Waals surface area contributed by atoms with E-state index in [1.54, 1.807) is 24.3 Å². The summed E-state index contributed by atoms with van der Waals surface area (Å²) in [6.07, 6.45) is 0. The van der Waals surface area contributed by atoms with Crippen LogP contribution in [0.4, 0.5) is 5.69 Å². The summed E-state index contributed by atoms with van der Waals surface area (Å²) >= 11 is 3.38. The third-order valence-corrected chi connectivity index (χ3v) is 4.68. The van der Waals surface area contributed by atoms with Crippen LogP contribution < -0.4 is 20.7 Å². The number of halogens is 1. The lowest BCUT2D eigenvalue weighted by molar-refractivity contribution is -0.894. The standard InChI is InChI=1S/C19H22BrN3O3/c1-13(19(25)22-16-7-3-14(4-8-16)18(21)24)23(2)11-12-26-17-9-5-15(20)6-10-17/h3-10,13H,11-12H2,1-2H3,(H2,21,24)(H,22,25)/p+1/t13-/m1/s1. The van der Waals surface area contributed by atoms with Gasteiger partial charge in [-0.25, -0.2) is 0 Å². The van der Waals surface area contributed by atoms with Crippen molar-refractivity contribution in [2.24, 2.45) is 5.73 Å². The highest BCUT2D eigenvalue weighted by molar-refractivity contribution is 9.10. The first-order chi connectivity index (χ1) is 12.4. The van der Waals surface area contributed by atoms with E-state index in [1.807, 2.05) is 38.2 Å². The van der Waals surface area contributed by atoms with Gasteiger partial charge in [-0.1, -0.05) is 15.9 Å². The molecule has 2 aromatic rings. The number of carbonyl (C=O) groups excluding carboxylic acids is 2. The van der Waals surface area contributed by atoms with E-state index in [-0.39, 0.29) is 11.9 Å². The molecular weight excluding hydrogens is 398 g/mol. The van der Waals surface area contributed by atoms with Crippen molar-refractivity contribution in [1.82, 2.24) is 0 Å². The molecule has 0 fully saturated rings. The minimum Gasteiger partial charge on any atom is -0.488 e. The van der Waals surface area contributed by atoms with E-state index >= 15 is 0 Å². The largest absolute Gasteiger partial charge is 0.488 e. The first-order valence-corrected chi connectivity index (χ1v) is 9.07. The molecule has 0 heterocycles. The molecule has 2 amide bonds. The lowest BCUT2D eigenvalue weighted by Crippen LogP contribution is -3.14. The van der Waals surface area contributed by atoms with Gasteiger partial charge in [0.25, 0.3) is 5.91 Å². The third kappa shape index (κ3) is 5.86. The molecule has 0 bridgehead atoms. The van der Waals surface area contributed by atoms with Gasteiger partial charge in [-0.3, -0.25) is 9.59 Å². The van der Waals surface area contributed by atoms with E-state index in [0.717, 1.165) is 15.1 Å². The van der Waals surface area contributed by atoms with Gasteiger partial charge in [0.05, 0.1) is 7.05 Å². The normalized spacial score (nSPS) is 12.9. The molecule has 2 aromatic carbocycles. The second-order valence-corrected chi connectivity index (χ2v) is 6.97. The number of likely N-dealkylation sites (N-methyl/N-ethyl adjacent to an activating group) is 1. The van der Waals surface area contributed by atoms with Crippen LogP contribution in [0.15, 0.2) is 53.0 Å². The molecule has 4 N–H and O–H groups in total. The molecule has 0 saturated heterocycles. The number of primary amides is 1.